The molecule has 29 heavy (non-hydrogen) atoms. The van der Waals surface area contributed by atoms with E-state index in [1.807, 2.05) is 6.92 Å². The summed E-state index contributed by atoms with van der Waals surface area (Å²) in [6.07, 6.45) is 1.82. The van der Waals surface area contributed by atoms with E-state index in [2.05, 4.69) is 5.32 Å². The van der Waals surface area contributed by atoms with E-state index in [1.165, 1.54) is 16.6 Å². The van der Waals surface area contributed by atoms with Crippen molar-refractivity contribution < 1.29 is 22.4 Å². The molecule has 1 atom stereocenters. The molecule has 154 valence electrons. The third-order valence-electron chi connectivity index (χ3n) is 4.92. The fourth-order valence-corrected chi connectivity index (χ4v) is 5.93. The Hall–Kier alpha value is -2.30. The highest BCUT2D eigenvalue weighted by Gasteiger charge is 2.32. The van der Waals surface area contributed by atoms with E-state index in [-0.39, 0.29) is 53.9 Å². The van der Waals surface area contributed by atoms with Crippen molar-refractivity contribution in [3.8, 4) is 0 Å². The number of hydrogen-bond donors (Lipinski definition) is 1. The minimum Gasteiger partial charge on any atom is -0.459 e. The van der Waals surface area contributed by atoms with E-state index in [4.69, 9.17) is 4.42 Å². The Labute approximate surface area is 173 Å². The van der Waals surface area contributed by atoms with Crippen LogP contribution in [0, 0.1) is 0 Å². The second kappa shape index (κ2) is 7.85. The number of fused-ring (bicyclic) bond motifs is 1. The first-order valence-electron chi connectivity index (χ1n) is 9.28. The first-order valence-corrected chi connectivity index (χ1v) is 11.6. The molecule has 2 amide bonds. The standard InChI is InChI=1S/C19H21N3O5S2/c1-13-11-18(23)20-15-12-14(4-5-17(15)28-13)29(25,26)22-8-6-21(7-9-22)19(24)16-3-2-10-27-16/h2-5,10,12-13H,6-9,11H2,1H3,(H,20,23)/t13-/m0/s1. The summed E-state index contributed by atoms with van der Waals surface area (Å²) >= 11 is 1.55. The van der Waals surface area contributed by atoms with Gasteiger partial charge in [0.25, 0.3) is 5.91 Å². The molecule has 8 nitrogen and oxygen atoms in total. The van der Waals surface area contributed by atoms with Crippen molar-refractivity contribution in [1.29, 1.82) is 0 Å². The zero-order valence-corrected chi connectivity index (χ0v) is 17.5. The van der Waals surface area contributed by atoms with Crippen LogP contribution in [0.4, 0.5) is 5.69 Å². The number of thioether (sulfide) groups is 1. The van der Waals surface area contributed by atoms with Crippen molar-refractivity contribution in [1.82, 2.24) is 9.21 Å². The average Bonchev–Trinajstić information content (AvgIpc) is 3.18. The molecule has 1 fully saturated rings. The zero-order chi connectivity index (χ0) is 20.6. The highest BCUT2D eigenvalue weighted by molar-refractivity contribution is 8.00. The van der Waals surface area contributed by atoms with Crippen molar-refractivity contribution in [2.24, 2.45) is 0 Å². The predicted molar refractivity (Wildman–Crippen MR) is 108 cm³/mol. The van der Waals surface area contributed by atoms with Gasteiger partial charge in [-0.1, -0.05) is 6.92 Å². The molecule has 2 aliphatic heterocycles. The Morgan fingerprint density at radius 2 is 1.97 bits per heavy atom. The number of amides is 2. The summed E-state index contributed by atoms with van der Waals surface area (Å²) in [5.74, 6) is -0.121. The third kappa shape index (κ3) is 4.05. The maximum Gasteiger partial charge on any atom is 0.289 e. The van der Waals surface area contributed by atoms with Crippen LogP contribution in [0.15, 0.2) is 50.8 Å². The summed E-state index contributed by atoms with van der Waals surface area (Å²) in [7, 11) is -3.73. The molecular weight excluding hydrogens is 414 g/mol. The fraction of sp³-hybridized carbons (Fsp3) is 0.368. The van der Waals surface area contributed by atoms with Gasteiger partial charge in [-0.3, -0.25) is 9.59 Å². The molecule has 4 rings (SSSR count). The second-order valence-corrected chi connectivity index (χ2v) is 10.4. The minimum atomic E-state index is -3.73. The smallest absolute Gasteiger partial charge is 0.289 e. The summed E-state index contributed by atoms with van der Waals surface area (Å²) in [5.41, 5.74) is 0.525. The van der Waals surface area contributed by atoms with Crippen molar-refractivity contribution >= 4 is 39.3 Å². The lowest BCUT2D eigenvalue weighted by atomic mass is 10.3. The van der Waals surface area contributed by atoms with Gasteiger partial charge in [0.15, 0.2) is 5.76 Å². The molecule has 0 unspecified atom stereocenters. The molecule has 1 aromatic heterocycles. The first-order chi connectivity index (χ1) is 13.8. The van der Waals surface area contributed by atoms with Gasteiger partial charge >= 0.3 is 0 Å². The number of hydrogen-bond acceptors (Lipinski definition) is 6. The predicted octanol–water partition coefficient (Wildman–Crippen LogP) is 2.25. The van der Waals surface area contributed by atoms with Crippen LogP contribution in [0.5, 0.6) is 0 Å². The monoisotopic (exact) mass is 435 g/mol. The zero-order valence-electron chi connectivity index (χ0n) is 15.8. The lowest BCUT2D eigenvalue weighted by molar-refractivity contribution is -0.116. The molecule has 3 heterocycles. The second-order valence-electron chi connectivity index (χ2n) is 7.01. The molecule has 1 aromatic carbocycles. The minimum absolute atomic E-state index is 0.122. The van der Waals surface area contributed by atoms with Crippen molar-refractivity contribution in [2.75, 3.05) is 31.5 Å². The van der Waals surface area contributed by atoms with Gasteiger partial charge in [0, 0.05) is 42.7 Å². The van der Waals surface area contributed by atoms with E-state index < -0.39 is 10.0 Å². The van der Waals surface area contributed by atoms with Crippen LogP contribution in [0.25, 0.3) is 0 Å². The van der Waals surface area contributed by atoms with Gasteiger partial charge in [0.1, 0.15) is 0 Å². The van der Waals surface area contributed by atoms with Gasteiger partial charge in [-0.25, -0.2) is 8.42 Å². The number of rotatable bonds is 3. The molecule has 0 saturated carbocycles. The Morgan fingerprint density at radius 1 is 1.21 bits per heavy atom. The van der Waals surface area contributed by atoms with Gasteiger partial charge < -0.3 is 14.6 Å². The topological polar surface area (TPSA) is 99.9 Å². The molecule has 0 bridgehead atoms. The Morgan fingerprint density at radius 3 is 2.66 bits per heavy atom. The lowest BCUT2D eigenvalue weighted by Gasteiger charge is -2.33. The van der Waals surface area contributed by atoms with Crippen LogP contribution < -0.4 is 5.32 Å². The number of nitrogens with one attached hydrogen (secondary N) is 1. The van der Waals surface area contributed by atoms with E-state index in [9.17, 15) is 18.0 Å². The van der Waals surface area contributed by atoms with Gasteiger partial charge in [-0.15, -0.1) is 11.8 Å². The van der Waals surface area contributed by atoms with Gasteiger partial charge in [-0.2, -0.15) is 4.31 Å². The quantitative estimate of drug-likeness (QED) is 0.794. The molecule has 1 saturated heterocycles. The Bertz CT molecular complexity index is 1030. The van der Waals surface area contributed by atoms with Crippen molar-refractivity contribution in [3.05, 3.63) is 42.4 Å². The molecule has 0 aliphatic carbocycles. The first kappa shape index (κ1) is 20.0. The van der Waals surface area contributed by atoms with Crippen LogP contribution in [0.2, 0.25) is 0 Å². The molecule has 0 radical (unpaired) electrons. The van der Waals surface area contributed by atoms with E-state index in [0.29, 0.717) is 12.1 Å². The molecule has 0 spiro atoms. The SMILES string of the molecule is C[C@H]1CC(=O)Nc2cc(S(=O)(=O)N3CCN(C(=O)c4ccco4)CC3)ccc2S1. The van der Waals surface area contributed by atoms with Gasteiger partial charge in [-0.05, 0) is 30.3 Å². The highest BCUT2D eigenvalue weighted by atomic mass is 32.2. The number of sulfonamides is 1. The number of carbonyl (C=O) groups is 2. The normalized spacial score (nSPS) is 20.7. The van der Waals surface area contributed by atoms with Crippen LogP contribution >= 0.6 is 11.8 Å². The van der Waals surface area contributed by atoms with Crippen LogP contribution in [0.1, 0.15) is 23.9 Å². The summed E-state index contributed by atoms with van der Waals surface area (Å²) in [6.45, 7) is 2.93. The molecule has 2 aromatic rings. The number of carbonyl (C=O) groups excluding carboxylic acids is 2. The lowest BCUT2D eigenvalue weighted by Crippen LogP contribution is -2.50. The number of piperazine rings is 1. The van der Waals surface area contributed by atoms with Gasteiger partial charge in [0.2, 0.25) is 15.9 Å². The number of nitrogens with zero attached hydrogens (tertiary/aromatic N) is 2. The summed E-state index contributed by atoms with van der Waals surface area (Å²) < 4.78 is 32.7. The van der Waals surface area contributed by atoms with E-state index in [1.54, 1.807) is 40.9 Å². The molecular formula is C19H21N3O5S2. The van der Waals surface area contributed by atoms with Crippen LogP contribution in [0.3, 0.4) is 0 Å². The average molecular weight is 436 g/mol. The van der Waals surface area contributed by atoms with Crippen LogP contribution in [-0.2, 0) is 14.8 Å². The van der Waals surface area contributed by atoms with Crippen molar-refractivity contribution in [2.45, 2.75) is 28.4 Å². The Kier molecular flexibility index (Phi) is 5.41. The fourth-order valence-electron chi connectivity index (χ4n) is 3.43. The maximum atomic E-state index is 13.1. The van der Waals surface area contributed by atoms with E-state index >= 15 is 0 Å². The van der Waals surface area contributed by atoms with Gasteiger partial charge in [0.05, 0.1) is 16.8 Å². The Balaban J connectivity index is 1.50. The largest absolute Gasteiger partial charge is 0.459 e. The third-order valence-corrected chi connectivity index (χ3v) is 8.00. The number of furan rings is 1. The maximum absolute atomic E-state index is 13.1. The number of benzene rings is 1. The molecule has 10 heteroatoms. The molecule has 1 N–H and O–H groups in total. The van der Waals surface area contributed by atoms with Crippen LogP contribution in [-0.4, -0.2) is 60.9 Å². The number of anilines is 1. The summed E-state index contributed by atoms with van der Waals surface area (Å²) in [4.78, 5) is 26.9. The van der Waals surface area contributed by atoms with Crippen molar-refractivity contribution in [3.63, 3.8) is 0 Å². The van der Waals surface area contributed by atoms with E-state index in [0.717, 1.165) is 4.90 Å². The summed E-state index contributed by atoms with van der Waals surface area (Å²) in [5, 5.41) is 2.92. The summed E-state index contributed by atoms with van der Waals surface area (Å²) in [6, 6.07) is 8.07. The molecule has 2 aliphatic rings. The highest BCUT2D eigenvalue weighted by Crippen LogP contribution is 2.36.